The van der Waals surface area contributed by atoms with Crippen LogP contribution in [0.3, 0.4) is 0 Å². The first-order valence-corrected chi connectivity index (χ1v) is 15.5. The third-order valence-electron chi connectivity index (χ3n) is 8.35. The molecule has 5 aromatic rings. The standard InChI is InChI=1S/C32H35N5O3S/c1-4-14-35-15-12-28(22-35)41(39,40)36-16-13-32(23-36,19-25-8-6-5-7-9-25)29-18-26-20-33-37(30(26)17-24(29)2)27-10-11-31(38)34(3)21-27/h5-12,15,17-18,20-22H,4,13-14,16,19,23H2,1-3H3. The normalized spacial score (nSPS) is 17.9. The lowest BCUT2D eigenvalue weighted by Crippen LogP contribution is -2.36. The summed E-state index contributed by atoms with van der Waals surface area (Å²) in [6.07, 6.45) is 9.63. The lowest BCUT2D eigenvalue weighted by molar-refractivity contribution is 0.413. The molecule has 212 valence electrons. The first-order chi connectivity index (χ1) is 19.7. The van der Waals surface area contributed by atoms with E-state index in [1.54, 1.807) is 46.5 Å². The van der Waals surface area contributed by atoms with Crippen LogP contribution in [0.4, 0.5) is 0 Å². The minimum absolute atomic E-state index is 0.0748. The van der Waals surface area contributed by atoms with Crippen LogP contribution in [0.15, 0.2) is 95.1 Å². The molecule has 0 amide bonds. The van der Waals surface area contributed by atoms with Crippen molar-refractivity contribution in [3.63, 3.8) is 0 Å². The van der Waals surface area contributed by atoms with Gasteiger partial charge in [-0.05, 0) is 67.1 Å². The maximum absolute atomic E-state index is 13.8. The predicted octanol–water partition coefficient (Wildman–Crippen LogP) is 4.82. The molecule has 1 aliphatic rings. The molecule has 8 nitrogen and oxygen atoms in total. The molecule has 1 fully saturated rings. The number of aromatic nitrogens is 4. The third kappa shape index (κ3) is 4.93. The lowest BCUT2D eigenvalue weighted by atomic mass is 9.73. The first kappa shape index (κ1) is 27.2. The van der Waals surface area contributed by atoms with E-state index in [2.05, 4.69) is 43.2 Å². The summed E-state index contributed by atoms with van der Waals surface area (Å²) in [7, 11) is -1.91. The largest absolute Gasteiger partial charge is 0.353 e. The Morgan fingerprint density at radius 3 is 2.59 bits per heavy atom. The van der Waals surface area contributed by atoms with E-state index in [0.717, 1.165) is 53.5 Å². The Balaban J connectivity index is 1.42. The van der Waals surface area contributed by atoms with Gasteiger partial charge in [0.25, 0.3) is 0 Å². The van der Waals surface area contributed by atoms with E-state index >= 15 is 0 Å². The van der Waals surface area contributed by atoms with Crippen LogP contribution in [0.1, 0.15) is 36.5 Å². The average Bonchev–Trinajstić information content (AvgIpc) is 3.70. The second kappa shape index (κ2) is 10.5. The van der Waals surface area contributed by atoms with Gasteiger partial charge in [-0.25, -0.2) is 13.1 Å². The van der Waals surface area contributed by atoms with Gasteiger partial charge in [0.15, 0.2) is 0 Å². The van der Waals surface area contributed by atoms with Crippen molar-refractivity contribution >= 4 is 20.9 Å². The van der Waals surface area contributed by atoms with Crippen LogP contribution in [0.25, 0.3) is 16.6 Å². The van der Waals surface area contributed by atoms with Gasteiger partial charge in [-0.2, -0.15) is 9.40 Å². The molecule has 0 radical (unpaired) electrons. The summed E-state index contributed by atoms with van der Waals surface area (Å²) < 4.78 is 34.6. The number of benzene rings is 2. The molecule has 4 heterocycles. The summed E-state index contributed by atoms with van der Waals surface area (Å²) in [5.74, 6) is 0. The van der Waals surface area contributed by atoms with Crippen LogP contribution >= 0.6 is 0 Å². The highest BCUT2D eigenvalue weighted by Crippen LogP contribution is 2.42. The van der Waals surface area contributed by atoms with Crippen LogP contribution < -0.4 is 5.56 Å². The van der Waals surface area contributed by atoms with Crippen molar-refractivity contribution in [2.45, 2.75) is 50.0 Å². The fourth-order valence-electron chi connectivity index (χ4n) is 6.26. The van der Waals surface area contributed by atoms with Gasteiger partial charge in [0.1, 0.15) is 0 Å². The minimum Gasteiger partial charge on any atom is -0.353 e. The molecule has 0 N–H and O–H groups in total. The Labute approximate surface area is 240 Å². The van der Waals surface area contributed by atoms with Crippen LogP contribution in [-0.2, 0) is 35.5 Å². The van der Waals surface area contributed by atoms with E-state index in [1.807, 2.05) is 39.8 Å². The maximum atomic E-state index is 13.8. The van der Waals surface area contributed by atoms with E-state index in [9.17, 15) is 13.2 Å². The molecule has 3 aromatic heterocycles. The van der Waals surface area contributed by atoms with Gasteiger partial charge < -0.3 is 9.13 Å². The number of aryl methyl sites for hydroxylation is 3. The molecule has 1 unspecified atom stereocenters. The van der Waals surface area contributed by atoms with Gasteiger partial charge in [0.05, 0.1) is 22.3 Å². The third-order valence-corrected chi connectivity index (χ3v) is 10.2. The Morgan fingerprint density at radius 2 is 1.83 bits per heavy atom. The van der Waals surface area contributed by atoms with Gasteiger partial charge in [-0.3, -0.25) is 4.79 Å². The van der Waals surface area contributed by atoms with Crippen LogP contribution in [0.5, 0.6) is 0 Å². The quantitative estimate of drug-likeness (QED) is 0.268. The molecule has 41 heavy (non-hydrogen) atoms. The highest BCUT2D eigenvalue weighted by atomic mass is 32.2. The number of hydrogen-bond donors (Lipinski definition) is 0. The van der Waals surface area contributed by atoms with Crippen LogP contribution in [0, 0.1) is 6.92 Å². The summed E-state index contributed by atoms with van der Waals surface area (Å²) >= 11 is 0. The van der Waals surface area contributed by atoms with Crippen molar-refractivity contribution in [2.24, 2.45) is 7.05 Å². The molecular weight excluding hydrogens is 534 g/mol. The topological polar surface area (TPSA) is 82.1 Å². The first-order valence-electron chi connectivity index (χ1n) is 14.1. The number of pyridine rings is 1. The van der Waals surface area contributed by atoms with Gasteiger partial charge in [0.2, 0.25) is 15.6 Å². The molecule has 1 aliphatic heterocycles. The molecule has 0 saturated carbocycles. The van der Waals surface area contributed by atoms with Gasteiger partial charge >= 0.3 is 0 Å². The molecule has 1 saturated heterocycles. The maximum Gasteiger partial charge on any atom is 0.250 e. The van der Waals surface area contributed by atoms with Crippen molar-refractivity contribution in [1.82, 2.24) is 23.2 Å². The molecule has 0 aliphatic carbocycles. The van der Waals surface area contributed by atoms with E-state index < -0.39 is 15.4 Å². The summed E-state index contributed by atoms with van der Waals surface area (Å²) in [5.41, 5.74) is 4.71. The molecule has 1 atom stereocenters. The van der Waals surface area contributed by atoms with Crippen molar-refractivity contribution in [1.29, 1.82) is 0 Å². The summed E-state index contributed by atoms with van der Waals surface area (Å²) in [6.45, 7) is 5.84. The Hall–Kier alpha value is -3.95. The summed E-state index contributed by atoms with van der Waals surface area (Å²) in [5, 5.41) is 5.63. The van der Waals surface area contributed by atoms with Crippen LogP contribution in [0.2, 0.25) is 0 Å². The Morgan fingerprint density at radius 1 is 1.02 bits per heavy atom. The molecule has 6 rings (SSSR count). The zero-order chi connectivity index (χ0) is 28.8. The number of fused-ring (bicyclic) bond motifs is 1. The zero-order valence-electron chi connectivity index (χ0n) is 23.7. The smallest absolute Gasteiger partial charge is 0.250 e. The molecule has 0 spiro atoms. The number of hydrogen-bond acceptors (Lipinski definition) is 4. The highest BCUT2D eigenvalue weighted by molar-refractivity contribution is 7.89. The zero-order valence-corrected chi connectivity index (χ0v) is 24.5. The number of nitrogens with zero attached hydrogens (tertiary/aromatic N) is 5. The summed E-state index contributed by atoms with van der Waals surface area (Å²) in [6, 6.07) is 19.7. The SMILES string of the molecule is CCCn1ccc(S(=O)(=O)N2CCC(Cc3ccccc3)(c3cc4cnn(-c5ccc(=O)n(C)c5)c4cc3C)C2)c1. The van der Waals surface area contributed by atoms with Crippen molar-refractivity contribution in [2.75, 3.05) is 13.1 Å². The second-order valence-corrected chi connectivity index (χ2v) is 13.2. The molecular formula is C32H35N5O3S. The number of rotatable bonds is 8. The van der Waals surface area contributed by atoms with E-state index in [-0.39, 0.29) is 5.56 Å². The molecule has 2 aromatic carbocycles. The molecule has 9 heteroatoms. The number of sulfonamides is 1. The van der Waals surface area contributed by atoms with E-state index in [1.165, 1.54) is 5.56 Å². The minimum atomic E-state index is -3.63. The van der Waals surface area contributed by atoms with Crippen molar-refractivity contribution in [3.8, 4) is 5.69 Å². The Kier molecular flexibility index (Phi) is 6.95. The van der Waals surface area contributed by atoms with Gasteiger partial charge in [-0.1, -0.05) is 37.3 Å². The van der Waals surface area contributed by atoms with Gasteiger partial charge in [-0.15, -0.1) is 0 Å². The van der Waals surface area contributed by atoms with E-state index in [0.29, 0.717) is 18.0 Å². The fraction of sp³-hybridized carbons (Fsp3) is 0.312. The fourth-order valence-corrected chi connectivity index (χ4v) is 7.81. The second-order valence-electron chi connectivity index (χ2n) is 11.2. The average molecular weight is 570 g/mol. The van der Waals surface area contributed by atoms with Crippen LogP contribution in [-0.4, -0.2) is 44.7 Å². The van der Waals surface area contributed by atoms with Gasteiger partial charge in [0, 0.05) is 62.1 Å². The van der Waals surface area contributed by atoms with Crippen molar-refractivity contribution in [3.05, 3.63) is 112 Å². The summed E-state index contributed by atoms with van der Waals surface area (Å²) in [4.78, 5) is 12.3. The van der Waals surface area contributed by atoms with Crippen molar-refractivity contribution < 1.29 is 8.42 Å². The lowest BCUT2D eigenvalue weighted by Gasteiger charge is -2.32. The molecule has 0 bridgehead atoms. The Bertz CT molecular complexity index is 1890. The highest BCUT2D eigenvalue weighted by Gasteiger charge is 2.45. The predicted molar refractivity (Wildman–Crippen MR) is 161 cm³/mol. The monoisotopic (exact) mass is 569 g/mol. The van der Waals surface area contributed by atoms with E-state index in [4.69, 9.17) is 0 Å².